The van der Waals surface area contributed by atoms with Crippen LogP contribution in [0.15, 0.2) is 22.7 Å². The molecule has 2 nitrogen and oxygen atoms in total. The Bertz CT molecular complexity index is 432. The van der Waals surface area contributed by atoms with E-state index in [1.807, 2.05) is 4.90 Å². The zero-order valence-electron chi connectivity index (χ0n) is 9.83. The molecule has 98 valence electrons. The first kappa shape index (κ1) is 14.2. The molecule has 18 heavy (non-hydrogen) atoms. The second-order valence-electron chi connectivity index (χ2n) is 4.46. The normalized spacial score (nSPS) is 19.9. The number of likely N-dealkylation sites (tertiary alicyclic amines) is 1. The van der Waals surface area contributed by atoms with Gasteiger partial charge in [0, 0.05) is 33.5 Å². The monoisotopic (exact) mass is 349 g/mol. The average Bonchev–Trinajstić information content (AvgIpc) is 2.36. The van der Waals surface area contributed by atoms with Crippen LogP contribution >= 0.6 is 39.1 Å². The van der Waals surface area contributed by atoms with Gasteiger partial charge in [-0.1, -0.05) is 27.5 Å². The van der Waals surface area contributed by atoms with Crippen LogP contribution in [0, 0.1) is 0 Å². The van der Waals surface area contributed by atoms with Gasteiger partial charge in [-0.05, 0) is 37.5 Å². The van der Waals surface area contributed by atoms with Crippen LogP contribution in [-0.2, 0) is 0 Å². The van der Waals surface area contributed by atoms with Crippen molar-refractivity contribution in [1.29, 1.82) is 0 Å². The van der Waals surface area contributed by atoms with E-state index in [4.69, 9.17) is 23.2 Å². The highest BCUT2D eigenvalue weighted by Crippen LogP contribution is 2.24. The molecule has 1 amide bonds. The average molecular weight is 351 g/mol. The number of hydrogen-bond acceptors (Lipinski definition) is 1. The van der Waals surface area contributed by atoms with Crippen LogP contribution in [0.3, 0.4) is 0 Å². The molecule has 1 saturated heterocycles. The summed E-state index contributed by atoms with van der Waals surface area (Å²) in [4.78, 5) is 14.3. The molecular formula is C13H14BrCl2NO. The van der Waals surface area contributed by atoms with Crippen molar-refractivity contribution in [3.63, 3.8) is 0 Å². The van der Waals surface area contributed by atoms with Gasteiger partial charge in [0.1, 0.15) is 0 Å². The topological polar surface area (TPSA) is 20.3 Å². The number of halogens is 3. The molecule has 0 aromatic heterocycles. The van der Waals surface area contributed by atoms with Gasteiger partial charge in [-0.25, -0.2) is 0 Å². The van der Waals surface area contributed by atoms with Crippen LogP contribution in [0.2, 0.25) is 5.02 Å². The number of carbonyl (C=O) groups is 1. The largest absolute Gasteiger partial charge is 0.334 e. The molecule has 0 aliphatic carbocycles. The number of amides is 1. The van der Waals surface area contributed by atoms with Crippen molar-refractivity contribution in [3.05, 3.63) is 33.3 Å². The van der Waals surface area contributed by atoms with E-state index in [-0.39, 0.29) is 11.9 Å². The zero-order chi connectivity index (χ0) is 13.1. The van der Waals surface area contributed by atoms with E-state index < -0.39 is 0 Å². The quantitative estimate of drug-likeness (QED) is 0.726. The van der Waals surface area contributed by atoms with Crippen LogP contribution in [0.25, 0.3) is 0 Å². The summed E-state index contributed by atoms with van der Waals surface area (Å²) in [5.74, 6) is 0.511. The highest BCUT2D eigenvalue weighted by atomic mass is 79.9. The molecule has 0 saturated carbocycles. The lowest BCUT2D eigenvalue weighted by atomic mass is 10.0. The number of benzene rings is 1. The summed E-state index contributed by atoms with van der Waals surface area (Å²) in [5, 5.41) is 0.562. The molecule has 1 fully saturated rings. The highest BCUT2D eigenvalue weighted by Gasteiger charge is 2.26. The van der Waals surface area contributed by atoms with Crippen molar-refractivity contribution in [2.45, 2.75) is 25.3 Å². The Morgan fingerprint density at radius 1 is 1.39 bits per heavy atom. The fourth-order valence-electron chi connectivity index (χ4n) is 2.27. The first-order valence-corrected chi connectivity index (χ1v) is 7.65. The van der Waals surface area contributed by atoms with E-state index in [0.717, 1.165) is 30.3 Å². The molecule has 1 aromatic rings. The van der Waals surface area contributed by atoms with Gasteiger partial charge in [0.25, 0.3) is 5.91 Å². The molecule has 0 spiro atoms. The van der Waals surface area contributed by atoms with E-state index in [0.29, 0.717) is 16.5 Å². The molecule has 0 N–H and O–H groups in total. The van der Waals surface area contributed by atoms with Gasteiger partial charge in [0.05, 0.1) is 0 Å². The second kappa shape index (κ2) is 6.27. The third kappa shape index (κ3) is 3.19. The maximum Gasteiger partial charge on any atom is 0.254 e. The van der Waals surface area contributed by atoms with Gasteiger partial charge < -0.3 is 4.90 Å². The van der Waals surface area contributed by atoms with Crippen LogP contribution in [0.5, 0.6) is 0 Å². The number of carbonyl (C=O) groups excluding carboxylic acids is 1. The predicted molar refractivity (Wildman–Crippen MR) is 78.5 cm³/mol. The minimum atomic E-state index is 0.0172. The Morgan fingerprint density at radius 2 is 2.17 bits per heavy atom. The van der Waals surface area contributed by atoms with Crippen LogP contribution in [0.1, 0.15) is 29.6 Å². The van der Waals surface area contributed by atoms with Gasteiger partial charge in [0.15, 0.2) is 0 Å². The summed E-state index contributed by atoms with van der Waals surface area (Å²) in [6, 6.07) is 5.42. The predicted octanol–water partition coefficient (Wildman–Crippen LogP) is 4.34. The SMILES string of the molecule is O=C(c1cc(Cl)cc(Br)c1)N1CCCCC1CCl. The highest BCUT2D eigenvalue weighted by molar-refractivity contribution is 9.10. The first-order valence-electron chi connectivity index (χ1n) is 5.95. The van der Waals surface area contributed by atoms with Crippen molar-refractivity contribution >= 4 is 45.0 Å². The second-order valence-corrected chi connectivity index (χ2v) is 6.12. The number of piperidine rings is 1. The van der Waals surface area contributed by atoms with Gasteiger partial charge in [0.2, 0.25) is 0 Å². The molecule has 0 bridgehead atoms. The smallest absolute Gasteiger partial charge is 0.254 e. The molecule has 2 rings (SSSR count). The Morgan fingerprint density at radius 3 is 2.83 bits per heavy atom. The summed E-state index contributed by atoms with van der Waals surface area (Å²) in [6.45, 7) is 0.778. The summed E-state index contributed by atoms with van der Waals surface area (Å²) < 4.78 is 0.817. The third-order valence-corrected chi connectivity index (χ3v) is 4.21. The van der Waals surface area contributed by atoms with E-state index in [1.165, 1.54) is 0 Å². The van der Waals surface area contributed by atoms with Crippen molar-refractivity contribution in [2.75, 3.05) is 12.4 Å². The first-order chi connectivity index (χ1) is 8.61. The minimum Gasteiger partial charge on any atom is -0.334 e. The number of nitrogens with zero attached hydrogens (tertiary/aromatic N) is 1. The van der Waals surface area contributed by atoms with E-state index >= 15 is 0 Å². The van der Waals surface area contributed by atoms with E-state index in [9.17, 15) is 4.79 Å². The molecule has 1 atom stereocenters. The third-order valence-electron chi connectivity index (χ3n) is 3.18. The molecule has 1 aromatic carbocycles. The Kier molecular flexibility index (Phi) is 4.93. The number of alkyl halides is 1. The van der Waals surface area contributed by atoms with Crippen molar-refractivity contribution in [3.8, 4) is 0 Å². The number of hydrogen-bond donors (Lipinski definition) is 0. The Hall–Kier alpha value is -0.250. The van der Waals surface area contributed by atoms with Crippen molar-refractivity contribution < 1.29 is 4.79 Å². The molecule has 1 aliphatic rings. The summed E-state index contributed by atoms with van der Waals surface area (Å²) in [5.41, 5.74) is 0.617. The Labute approximate surface area is 125 Å². The van der Waals surface area contributed by atoms with Crippen molar-refractivity contribution in [1.82, 2.24) is 4.90 Å². The molecule has 5 heteroatoms. The van der Waals surface area contributed by atoms with Crippen LogP contribution in [-0.4, -0.2) is 29.3 Å². The lowest BCUT2D eigenvalue weighted by Gasteiger charge is -2.34. The van der Waals surface area contributed by atoms with E-state index in [1.54, 1.807) is 18.2 Å². The fraction of sp³-hybridized carbons (Fsp3) is 0.462. The molecule has 1 unspecified atom stereocenters. The van der Waals surface area contributed by atoms with Gasteiger partial charge >= 0.3 is 0 Å². The maximum absolute atomic E-state index is 12.5. The lowest BCUT2D eigenvalue weighted by molar-refractivity contribution is 0.0639. The molecule has 1 heterocycles. The van der Waals surface area contributed by atoms with Gasteiger partial charge in [-0.2, -0.15) is 0 Å². The number of rotatable bonds is 2. The van der Waals surface area contributed by atoms with Crippen LogP contribution < -0.4 is 0 Å². The van der Waals surface area contributed by atoms with Crippen molar-refractivity contribution in [2.24, 2.45) is 0 Å². The standard InChI is InChI=1S/C13H14BrCl2NO/c14-10-5-9(6-11(16)7-10)13(18)17-4-2-1-3-12(17)8-15/h5-7,12H,1-4,8H2. The zero-order valence-corrected chi connectivity index (χ0v) is 12.9. The minimum absolute atomic E-state index is 0.0172. The van der Waals surface area contributed by atoms with Gasteiger partial charge in [-0.3, -0.25) is 4.79 Å². The summed E-state index contributed by atoms with van der Waals surface area (Å²) in [6.07, 6.45) is 3.16. The fourth-order valence-corrected chi connectivity index (χ4v) is 3.45. The molecule has 0 radical (unpaired) electrons. The Balaban J connectivity index is 2.23. The summed E-state index contributed by atoms with van der Waals surface area (Å²) >= 11 is 15.3. The maximum atomic E-state index is 12.5. The molecular weight excluding hydrogens is 337 g/mol. The van der Waals surface area contributed by atoms with Gasteiger partial charge in [-0.15, -0.1) is 11.6 Å². The lowest BCUT2D eigenvalue weighted by Crippen LogP contribution is -2.44. The van der Waals surface area contributed by atoms with Crippen LogP contribution in [0.4, 0.5) is 0 Å². The van der Waals surface area contributed by atoms with E-state index in [2.05, 4.69) is 15.9 Å². The molecule has 1 aliphatic heterocycles. The summed E-state index contributed by atoms with van der Waals surface area (Å²) in [7, 11) is 0.